The maximum Gasteiger partial charge on any atom is 0.342 e. The van der Waals surface area contributed by atoms with E-state index in [9.17, 15) is 4.79 Å². The van der Waals surface area contributed by atoms with Crippen molar-refractivity contribution in [3.05, 3.63) is 47.2 Å². The largest absolute Gasteiger partial charge is 0.462 e. The van der Waals surface area contributed by atoms with E-state index in [0.717, 1.165) is 55.4 Å². The molecular weight excluding hydrogens is 344 g/mol. The van der Waals surface area contributed by atoms with Crippen molar-refractivity contribution in [2.75, 3.05) is 19.8 Å². The van der Waals surface area contributed by atoms with Crippen molar-refractivity contribution in [3.63, 3.8) is 0 Å². The van der Waals surface area contributed by atoms with Crippen molar-refractivity contribution < 1.29 is 23.8 Å². The Bertz CT molecular complexity index is 735. The lowest BCUT2D eigenvalue weighted by Crippen LogP contribution is -2.18. The fraction of sp³-hybridized carbons (Fsp3) is 0.500. The molecule has 3 rings (SSSR count). The summed E-state index contributed by atoms with van der Waals surface area (Å²) in [5.74, 6) is 0.999. The molecule has 0 bridgehead atoms. The number of carbonyl (C=O) groups is 1. The molecule has 1 atom stereocenters. The number of benzene rings is 1. The van der Waals surface area contributed by atoms with E-state index in [-0.39, 0.29) is 25.3 Å². The first-order chi connectivity index (χ1) is 13.3. The first-order valence-electron chi connectivity index (χ1n) is 9.86. The molecule has 1 heterocycles. The molecule has 0 spiro atoms. The summed E-state index contributed by atoms with van der Waals surface area (Å²) in [6.07, 6.45) is 5.22. The summed E-state index contributed by atoms with van der Waals surface area (Å²) in [6, 6.07) is 9.64. The Balaban J connectivity index is 1.96. The highest BCUT2D eigenvalue weighted by atomic mass is 16.5. The van der Waals surface area contributed by atoms with E-state index in [4.69, 9.17) is 19.0 Å². The Morgan fingerprint density at radius 1 is 1.22 bits per heavy atom. The first kappa shape index (κ1) is 19.6. The van der Waals surface area contributed by atoms with Crippen LogP contribution in [0.5, 0.6) is 0 Å². The van der Waals surface area contributed by atoms with Crippen LogP contribution in [-0.4, -0.2) is 30.9 Å². The number of unbranched alkanes of at least 4 members (excludes halogenated alkanes) is 2. The topological polar surface area (TPSA) is 68.9 Å². The van der Waals surface area contributed by atoms with Gasteiger partial charge in [-0.3, -0.25) is 0 Å². The van der Waals surface area contributed by atoms with Crippen molar-refractivity contribution in [2.24, 2.45) is 0 Å². The van der Waals surface area contributed by atoms with Crippen LogP contribution in [-0.2, 0) is 15.9 Å². The van der Waals surface area contributed by atoms with Gasteiger partial charge in [0.1, 0.15) is 17.1 Å². The number of hydrogen-bond donors (Lipinski definition) is 1. The summed E-state index contributed by atoms with van der Waals surface area (Å²) in [5, 5.41) is 9.13. The molecule has 0 fully saturated rings. The maximum absolute atomic E-state index is 13.0. The van der Waals surface area contributed by atoms with Gasteiger partial charge in [0.25, 0.3) is 0 Å². The third-order valence-corrected chi connectivity index (χ3v) is 4.85. The van der Waals surface area contributed by atoms with Crippen LogP contribution >= 0.6 is 0 Å². The van der Waals surface area contributed by atoms with Crippen molar-refractivity contribution in [2.45, 2.75) is 51.6 Å². The number of rotatable bonds is 9. The average Bonchev–Trinajstić information content (AvgIpc) is 3.10. The third kappa shape index (κ3) is 4.60. The second-order valence-electron chi connectivity index (χ2n) is 6.83. The van der Waals surface area contributed by atoms with Crippen LogP contribution < -0.4 is 0 Å². The van der Waals surface area contributed by atoms with Crippen LogP contribution in [0.2, 0.25) is 0 Å². The number of fused-ring (bicyclic) bond motifs is 1. The highest BCUT2D eigenvalue weighted by Gasteiger charge is 2.34. The molecule has 0 aliphatic heterocycles. The average molecular weight is 372 g/mol. The molecule has 0 saturated carbocycles. The molecule has 5 nitrogen and oxygen atoms in total. The molecule has 0 radical (unpaired) electrons. The van der Waals surface area contributed by atoms with E-state index in [0.29, 0.717) is 17.9 Å². The van der Waals surface area contributed by atoms with Gasteiger partial charge in [-0.25, -0.2) is 4.79 Å². The smallest absolute Gasteiger partial charge is 0.342 e. The highest BCUT2D eigenvalue weighted by molar-refractivity contribution is 5.98. The van der Waals surface area contributed by atoms with Crippen molar-refractivity contribution in [1.29, 1.82) is 0 Å². The van der Waals surface area contributed by atoms with Gasteiger partial charge in [0.2, 0.25) is 0 Å². The van der Waals surface area contributed by atoms with Crippen molar-refractivity contribution in [1.82, 2.24) is 0 Å². The molecule has 0 saturated heterocycles. The number of aryl methyl sites for hydroxylation is 1. The van der Waals surface area contributed by atoms with Crippen molar-refractivity contribution >= 4 is 5.97 Å². The normalized spacial score (nSPS) is 16.1. The maximum atomic E-state index is 13.0. The molecule has 0 amide bonds. The van der Waals surface area contributed by atoms with E-state index >= 15 is 0 Å². The fourth-order valence-electron chi connectivity index (χ4n) is 3.56. The number of aliphatic hydroxyl groups excluding tert-OH is 1. The molecule has 27 heavy (non-hydrogen) atoms. The summed E-state index contributed by atoms with van der Waals surface area (Å²) in [4.78, 5) is 13.0. The number of ether oxygens (including phenoxy) is 2. The van der Waals surface area contributed by atoms with E-state index < -0.39 is 0 Å². The Labute approximate surface area is 160 Å². The van der Waals surface area contributed by atoms with E-state index in [1.807, 2.05) is 30.3 Å². The number of carbonyl (C=O) groups excluding carboxylic acids is 1. The van der Waals surface area contributed by atoms with Gasteiger partial charge in [-0.1, -0.05) is 50.1 Å². The van der Waals surface area contributed by atoms with Gasteiger partial charge >= 0.3 is 5.97 Å². The molecule has 1 aromatic heterocycles. The minimum atomic E-state index is -0.352. The number of aliphatic hydroxyl groups is 1. The van der Waals surface area contributed by atoms with Crippen LogP contribution in [0, 0.1) is 0 Å². The van der Waals surface area contributed by atoms with E-state index in [1.54, 1.807) is 0 Å². The molecule has 1 unspecified atom stereocenters. The Kier molecular flexibility index (Phi) is 7.07. The number of esters is 1. The second kappa shape index (κ2) is 9.72. The molecule has 1 aliphatic rings. The predicted octanol–water partition coefficient (Wildman–Crippen LogP) is 4.68. The van der Waals surface area contributed by atoms with Gasteiger partial charge in [-0.05, 0) is 19.3 Å². The third-order valence-electron chi connectivity index (χ3n) is 4.85. The molecule has 2 aromatic rings. The van der Waals surface area contributed by atoms with Gasteiger partial charge < -0.3 is 19.0 Å². The Morgan fingerprint density at radius 3 is 2.78 bits per heavy atom. The van der Waals surface area contributed by atoms with Crippen LogP contribution in [0.25, 0.3) is 11.3 Å². The van der Waals surface area contributed by atoms with E-state index in [2.05, 4.69) is 6.92 Å². The zero-order valence-corrected chi connectivity index (χ0v) is 15.9. The fourth-order valence-corrected chi connectivity index (χ4v) is 3.56. The summed E-state index contributed by atoms with van der Waals surface area (Å²) in [6.45, 7) is 2.71. The van der Waals surface area contributed by atoms with Crippen LogP contribution in [0.15, 0.2) is 34.7 Å². The molecule has 1 aliphatic carbocycles. The number of hydrogen-bond acceptors (Lipinski definition) is 5. The zero-order valence-electron chi connectivity index (χ0n) is 15.9. The summed E-state index contributed by atoms with van der Waals surface area (Å²) in [5.41, 5.74) is 2.14. The molecule has 146 valence electrons. The monoisotopic (exact) mass is 372 g/mol. The summed E-state index contributed by atoms with van der Waals surface area (Å²) in [7, 11) is 0. The van der Waals surface area contributed by atoms with Gasteiger partial charge in [-0.15, -0.1) is 0 Å². The van der Waals surface area contributed by atoms with Crippen LogP contribution in [0.4, 0.5) is 0 Å². The Hall–Kier alpha value is -2.11. The number of furan rings is 1. The minimum absolute atomic E-state index is 0.0496. The lowest BCUT2D eigenvalue weighted by atomic mass is 9.91. The van der Waals surface area contributed by atoms with Crippen molar-refractivity contribution in [3.8, 4) is 11.3 Å². The molecule has 5 heteroatoms. The standard InChI is InChI=1S/C22H28O5/c1-2-3-7-14-26-22(24)20-19-17(25-15-13-23)11-8-12-18(19)27-21(20)16-9-5-4-6-10-16/h4-6,9-10,17,23H,2-3,7-8,11-15H2,1H3. The van der Waals surface area contributed by atoms with E-state index in [1.165, 1.54) is 0 Å². The van der Waals surface area contributed by atoms with Crippen LogP contribution in [0.3, 0.4) is 0 Å². The van der Waals surface area contributed by atoms with Gasteiger partial charge in [0.15, 0.2) is 0 Å². The summed E-state index contributed by atoms with van der Waals surface area (Å²) >= 11 is 0. The molecule has 1 aromatic carbocycles. The minimum Gasteiger partial charge on any atom is -0.462 e. The SMILES string of the molecule is CCCCCOC(=O)c1c(-c2ccccc2)oc2c1C(OCCO)CCC2. The lowest BCUT2D eigenvalue weighted by Gasteiger charge is -2.22. The summed E-state index contributed by atoms with van der Waals surface area (Å²) < 4.78 is 17.5. The predicted molar refractivity (Wildman–Crippen MR) is 103 cm³/mol. The first-order valence-corrected chi connectivity index (χ1v) is 9.86. The zero-order chi connectivity index (χ0) is 19.1. The van der Waals surface area contributed by atoms with Crippen LogP contribution in [0.1, 0.15) is 66.8 Å². The van der Waals surface area contributed by atoms with Gasteiger partial charge in [0.05, 0.1) is 25.9 Å². The highest BCUT2D eigenvalue weighted by Crippen LogP contribution is 2.42. The lowest BCUT2D eigenvalue weighted by molar-refractivity contribution is 0.0156. The second-order valence-corrected chi connectivity index (χ2v) is 6.83. The molecular formula is C22H28O5. The quantitative estimate of drug-likeness (QED) is 0.511. The van der Waals surface area contributed by atoms with Gasteiger partial charge in [0, 0.05) is 17.5 Å². The Morgan fingerprint density at radius 2 is 2.04 bits per heavy atom. The molecule has 1 N–H and O–H groups in total. The van der Waals surface area contributed by atoms with Gasteiger partial charge in [-0.2, -0.15) is 0 Å².